The van der Waals surface area contributed by atoms with Crippen LogP contribution in [0.4, 0.5) is 0 Å². The molecule has 0 fully saturated rings. The molecule has 0 heterocycles. The Morgan fingerprint density at radius 2 is 1.57 bits per heavy atom. The second kappa shape index (κ2) is 8.41. The molecular formula is C10H25NO2Si. The van der Waals surface area contributed by atoms with Gasteiger partial charge in [-0.05, 0) is 19.5 Å². The highest BCUT2D eigenvalue weighted by molar-refractivity contribution is 6.44. The summed E-state index contributed by atoms with van der Waals surface area (Å²) >= 11 is 0. The average Bonchev–Trinajstić information content (AvgIpc) is 2.24. The fourth-order valence-corrected chi connectivity index (χ4v) is 3.48. The van der Waals surface area contributed by atoms with Crippen LogP contribution in [-0.2, 0) is 8.85 Å². The number of nitrogens with zero attached hydrogens (tertiary/aromatic N) is 1. The minimum Gasteiger partial charge on any atom is -0.400 e. The van der Waals surface area contributed by atoms with Gasteiger partial charge < -0.3 is 13.8 Å². The van der Waals surface area contributed by atoms with E-state index in [2.05, 4.69) is 25.7 Å². The Balaban J connectivity index is 4.10. The summed E-state index contributed by atoms with van der Waals surface area (Å²) in [5.74, 6) is 0. The van der Waals surface area contributed by atoms with E-state index in [1.165, 1.54) is 6.42 Å². The summed E-state index contributed by atoms with van der Waals surface area (Å²) in [7, 11) is 2.13. The summed E-state index contributed by atoms with van der Waals surface area (Å²) in [6.07, 6.45) is 1.18. The molecule has 1 atom stereocenters. The van der Waals surface area contributed by atoms with Gasteiger partial charge in [-0.25, -0.2) is 0 Å². The number of rotatable bonds is 8. The van der Waals surface area contributed by atoms with Crippen LogP contribution in [0.3, 0.4) is 0 Å². The summed E-state index contributed by atoms with van der Waals surface area (Å²) < 4.78 is 10.7. The molecule has 0 aliphatic heterocycles. The lowest BCUT2D eigenvalue weighted by Gasteiger charge is -2.30. The maximum absolute atomic E-state index is 5.36. The second-order valence-electron chi connectivity index (χ2n) is 3.42. The maximum Gasteiger partial charge on any atom is 0.322 e. The van der Waals surface area contributed by atoms with Crippen LogP contribution in [-0.4, -0.2) is 47.5 Å². The van der Waals surface area contributed by atoms with Gasteiger partial charge in [-0.1, -0.05) is 20.8 Å². The Kier molecular flexibility index (Phi) is 8.47. The molecule has 0 aliphatic rings. The van der Waals surface area contributed by atoms with Crippen molar-refractivity contribution in [1.29, 1.82) is 0 Å². The van der Waals surface area contributed by atoms with Gasteiger partial charge in [0, 0.05) is 26.3 Å². The summed E-state index contributed by atoms with van der Waals surface area (Å²) in [6, 6.07) is 1.71. The molecule has 14 heavy (non-hydrogen) atoms. The third-order valence-corrected chi connectivity index (χ3v) is 4.77. The highest BCUT2D eigenvalue weighted by atomic mass is 28.3. The van der Waals surface area contributed by atoms with Crippen molar-refractivity contribution in [2.24, 2.45) is 0 Å². The fraction of sp³-hybridized carbons (Fsp3) is 1.00. The lowest BCUT2D eigenvalue weighted by molar-refractivity contribution is 0.203. The smallest absolute Gasteiger partial charge is 0.322 e. The summed E-state index contributed by atoms with van der Waals surface area (Å²) in [4.78, 5) is 2.48. The van der Waals surface area contributed by atoms with Crippen LogP contribution in [0.2, 0.25) is 6.04 Å². The maximum atomic E-state index is 5.36. The van der Waals surface area contributed by atoms with Crippen molar-refractivity contribution in [3.05, 3.63) is 0 Å². The molecule has 0 amide bonds. The van der Waals surface area contributed by atoms with Gasteiger partial charge in [0.05, 0.1) is 0 Å². The van der Waals surface area contributed by atoms with Gasteiger partial charge in [-0.15, -0.1) is 0 Å². The predicted octanol–water partition coefficient (Wildman–Crippen LogP) is 1.62. The molecule has 0 radical (unpaired) electrons. The van der Waals surface area contributed by atoms with Crippen LogP contribution in [0, 0.1) is 0 Å². The van der Waals surface area contributed by atoms with E-state index in [1.807, 2.05) is 0 Å². The van der Waals surface area contributed by atoms with Crippen molar-refractivity contribution >= 4 is 9.28 Å². The Labute approximate surface area is 90.2 Å². The lowest BCUT2D eigenvalue weighted by Crippen LogP contribution is -2.38. The molecule has 3 nitrogen and oxygen atoms in total. The SMILES string of the molecule is CCC(C[SiH](OC)OC)N(CC)CC. The molecule has 0 aromatic heterocycles. The van der Waals surface area contributed by atoms with Gasteiger partial charge in [0.15, 0.2) is 0 Å². The van der Waals surface area contributed by atoms with Gasteiger partial charge in [0.1, 0.15) is 0 Å². The van der Waals surface area contributed by atoms with Gasteiger partial charge in [0.2, 0.25) is 0 Å². The van der Waals surface area contributed by atoms with Crippen LogP contribution in [0.25, 0.3) is 0 Å². The lowest BCUT2D eigenvalue weighted by atomic mass is 10.2. The topological polar surface area (TPSA) is 21.7 Å². The van der Waals surface area contributed by atoms with Gasteiger partial charge >= 0.3 is 9.28 Å². The zero-order valence-electron chi connectivity index (χ0n) is 10.2. The molecule has 0 saturated carbocycles. The molecule has 0 saturated heterocycles. The molecular weight excluding hydrogens is 194 g/mol. The van der Waals surface area contributed by atoms with Crippen molar-refractivity contribution in [1.82, 2.24) is 4.90 Å². The minimum absolute atomic E-state index is 0.626. The largest absolute Gasteiger partial charge is 0.400 e. The first-order valence-corrected chi connectivity index (χ1v) is 7.28. The normalized spacial score (nSPS) is 13.9. The molecule has 86 valence electrons. The van der Waals surface area contributed by atoms with Crippen molar-refractivity contribution in [3.8, 4) is 0 Å². The van der Waals surface area contributed by atoms with Crippen LogP contribution in [0.1, 0.15) is 27.2 Å². The molecule has 0 spiro atoms. The van der Waals surface area contributed by atoms with Crippen LogP contribution in [0.15, 0.2) is 0 Å². The molecule has 0 rings (SSSR count). The van der Waals surface area contributed by atoms with E-state index in [0.29, 0.717) is 6.04 Å². The Morgan fingerprint density at radius 1 is 1.07 bits per heavy atom. The van der Waals surface area contributed by atoms with Crippen molar-refractivity contribution in [3.63, 3.8) is 0 Å². The predicted molar refractivity (Wildman–Crippen MR) is 63.0 cm³/mol. The Morgan fingerprint density at radius 3 is 1.86 bits per heavy atom. The zero-order valence-corrected chi connectivity index (χ0v) is 11.4. The van der Waals surface area contributed by atoms with Crippen LogP contribution >= 0.6 is 0 Å². The average molecular weight is 219 g/mol. The minimum atomic E-state index is -1.39. The third kappa shape index (κ3) is 4.55. The monoisotopic (exact) mass is 219 g/mol. The highest BCUT2D eigenvalue weighted by Gasteiger charge is 2.20. The molecule has 0 N–H and O–H groups in total. The molecule has 1 unspecified atom stereocenters. The van der Waals surface area contributed by atoms with E-state index >= 15 is 0 Å². The first kappa shape index (κ1) is 14.1. The second-order valence-corrected chi connectivity index (χ2v) is 5.69. The molecule has 0 bridgehead atoms. The molecule has 0 aromatic carbocycles. The van der Waals surface area contributed by atoms with Crippen LogP contribution < -0.4 is 0 Å². The molecule has 4 heteroatoms. The van der Waals surface area contributed by atoms with E-state index in [9.17, 15) is 0 Å². The molecule has 0 aliphatic carbocycles. The van der Waals surface area contributed by atoms with E-state index in [4.69, 9.17) is 8.85 Å². The van der Waals surface area contributed by atoms with Gasteiger partial charge in [-0.3, -0.25) is 0 Å². The summed E-state index contributed by atoms with van der Waals surface area (Å²) in [5, 5.41) is 0. The summed E-state index contributed by atoms with van der Waals surface area (Å²) in [6.45, 7) is 8.89. The van der Waals surface area contributed by atoms with E-state index < -0.39 is 9.28 Å². The first-order valence-electron chi connectivity index (χ1n) is 5.52. The number of hydrogen-bond donors (Lipinski definition) is 0. The van der Waals surface area contributed by atoms with E-state index in [0.717, 1.165) is 19.1 Å². The number of hydrogen-bond acceptors (Lipinski definition) is 3. The van der Waals surface area contributed by atoms with E-state index in [1.54, 1.807) is 14.2 Å². The molecule has 0 aromatic rings. The van der Waals surface area contributed by atoms with E-state index in [-0.39, 0.29) is 0 Å². The zero-order chi connectivity index (χ0) is 11.0. The van der Waals surface area contributed by atoms with Gasteiger partial charge in [0.25, 0.3) is 0 Å². The highest BCUT2D eigenvalue weighted by Crippen LogP contribution is 2.12. The first-order chi connectivity index (χ1) is 6.73. The van der Waals surface area contributed by atoms with Crippen molar-refractivity contribution in [2.75, 3.05) is 27.3 Å². The van der Waals surface area contributed by atoms with Crippen LogP contribution in [0.5, 0.6) is 0 Å². The fourth-order valence-electron chi connectivity index (χ4n) is 1.82. The van der Waals surface area contributed by atoms with Crippen molar-refractivity contribution in [2.45, 2.75) is 39.3 Å². The summed E-state index contributed by atoms with van der Waals surface area (Å²) in [5.41, 5.74) is 0. The standard InChI is InChI=1S/C10H25NO2Si/c1-6-10(11(7-2)8-3)9-14(12-4)13-5/h10,14H,6-9H2,1-5H3. The Hall–Kier alpha value is 0.0969. The van der Waals surface area contributed by atoms with Gasteiger partial charge in [-0.2, -0.15) is 0 Å². The van der Waals surface area contributed by atoms with Crippen molar-refractivity contribution < 1.29 is 8.85 Å². The Bertz CT molecular complexity index is 127. The quantitative estimate of drug-likeness (QED) is 0.579. The third-order valence-electron chi connectivity index (χ3n) is 2.79.